The fraction of sp³-hybridized carbons (Fsp3) is 0.706. The summed E-state index contributed by atoms with van der Waals surface area (Å²) in [6.45, 7) is 5.10. The van der Waals surface area contributed by atoms with Crippen molar-refractivity contribution in [1.29, 1.82) is 5.41 Å². The van der Waals surface area contributed by atoms with Gasteiger partial charge in [-0.05, 0) is 26.7 Å². The lowest BCUT2D eigenvalue weighted by Crippen LogP contribution is -2.30. The first-order valence-corrected chi connectivity index (χ1v) is 8.41. The highest BCUT2D eigenvalue weighted by Crippen LogP contribution is 2.26. The third-order valence-corrected chi connectivity index (χ3v) is 3.57. The van der Waals surface area contributed by atoms with E-state index >= 15 is 0 Å². The van der Waals surface area contributed by atoms with Crippen molar-refractivity contribution in [3.63, 3.8) is 0 Å². The molecule has 0 amide bonds. The van der Waals surface area contributed by atoms with E-state index in [0.29, 0.717) is 25.3 Å². The summed E-state index contributed by atoms with van der Waals surface area (Å²) in [4.78, 5) is 0. The molecular formula is C17H28ClF2NO2. The molecular weight excluding hydrogens is 324 g/mol. The molecule has 0 aromatic heterocycles. The third kappa shape index (κ3) is 10.6. The summed E-state index contributed by atoms with van der Waals surface area (Å²) in [5, 5.41) is 8.02. The first-order chi connectivity index (χ1) is 10.9. The number of hydrogen-bond donors (Lipinski definition) is 1. The Balaban J connectivity index is 4.55. The summed E-state index contributed by atoms with van der Waals surface area (Å²) in [5.41, 5.74) is 1.05. The van der Waals surface area contributed by atoms with Gasteiger partial charge in [-0.25, -0.2) is 8.78 Å². The maximum absolute atomic E-state index is 13.9. The first-order valence-electron chi connectivity index (χ1n) is 7.88. The van der Waals surface area contributed by atoms with E-state index in [2.05, 4.69) is 0 Å². The molecule has 0 bridgehead atoms. The van der Waals surface area contributed by atoms with Gasteiger partial charge in [0, 0.05) is 24.1 Å². The third-order valence-electron chi connectivity index (χ3n) is 3.39. The van der Waals surface area contributed by atoms with E-state index in [-0.39, 0.29) is 18.4 Å². The van der Waals surface area contributed by atoms with Crippen molar-refractivity contribution in [2.45, 2.75) is 46.0 Å². The van der Waals surface area contributed by atoms with Gasteiger partial charge in [-0.15, -0.1) is 11.6 Å². The number of allylic oxidation sites excluding steroid dienone is 4. The molecule has 0 heterocycles. The Hall–Kier alpha value is -0.780. The lowest BCUT2D eigenvalue weighted by molar-refractivity contribution is -0.125. The molecule has 0 aliphatic heterocycles. The second-order valence-corrected chi connectivity index (χ2v) is 5.56. The summed E-state index contributed by atoms with van der Waals surface area (Å²) in [6, 6.07) is 0. The molecule has 1 unspecified atom stereocenters. The molecule has 0 aromatic carbocycles. The Morgan fingerprint density at radius 2 is 2.00 bits per heavy atom. The Labute approximate surface area is 143 Å². The van der Waals surface area contributed by atoms with Crippen molar-refractivity contribution >= 4 is 17.3 Å². The molecule has 0 aromatic rings. The minimum atomic E-state index is -3.05. The maximum Gasteiger partial charge on any atom is 0.276 e. The molecule has 1 N–H and O–H groups in total. The normalized spacial score (nSPS) is 14.4. The lowest BCUT2D eigenvalue weighted by atomic mass is 9.89. The van der Waals surface area contributed by atoms with Crippen LogP contribution >= 0.6 is 11.6 Å². The molecule has 0 aliphatic rings. The fourth-order valence-corrected chi connectivity index (χ4v) is 2.17. The van der Waals surface area contributed by atoms with Crippen molar-refractivity contribution in [2.24, 2.45) is 5.92 Å². The molecule has 0 fully saturated rings. The molecule has 0 saturated carbocycles. The van der Waals surface area contributed by atoms with Crippen LogP contribution in [0.5, 0.6) is 0 Å². The summed E-state index contributed by atoms with van der Waals surface area (Å²) < 4.78 is 37.4. The van der Waals surface area contributed by atoms with Crippen LogP contribution in [0.3, 0.4) is 0 Å². The van der Waals surface area contributed by atoms with Crippen molar-refractivity contribution < 1.29 is 18.3 Å². The molecule has 3 nitrogen and oxygen atoms in total. The Morgan fingerprint density at radius 1 is 1.30 bits per heavy atom. The summed E-state index contributed by atoms with van der Waals surface area (Å²) in [6.07, 6.45) is 6.22. The van der Waals surface area contributed by atoms with Crippen LogP contribution in [-0.2, 0) is 9.47 Å². The summed E-state index contributed by atoms with van der Waals surface area (Å²) in [5.74, 6) is -2.86. The highest BCUT2D eigenvalue weighted by atomic mass is 35.5. The van der Waals surface area contributed by atoms with E-state index in [1.165, 1.54) is 0 Å². The van der Waals surface area contributed by atoms with Crippen molar-refractivity contribution in [3.05, 3.63) is 23.8 Å². The largest absolute Gasteiger partial charge is 0.356 e. The number of hydrogen-bond acceptors (Lipinski definition) is 3. The van der Waals surface area contributed by atoms with Crippen LogP contribution in [0, 0.1) is 11.3 Å². The smallest absolute Gasteiger partial charge is 0.276 e. The first kappa shape index (κ1) is 22.2. The zero-order chi connectivity index (χ0) is 17.7. The Kier molecular flexibility index (Phi) is 12.2. The minimum absolute atomic E-state index is 0.0520. The lowest BCUT2D eigenvalue weighted by Gasteiger charge is -2.22. The van der Waals surface area contributed by atoms with Crippen LogP contribution in [0.4, 0.5) is 8.78 Å². The molecule has 0 saturated heterocycles. The summed E-state index contributed by atoms with van der Waals surface area (Å²) in [7, 11) is 0. The molecule has 0 aliphatic carbocycles. The van der Waals surface area contributed by atoms with Crippen molar-refractivity contribution in [2.75, 3.05) is 25.9 Å². The molecule has 23 heavy (non-hydrogen) atoms. The number of rotatable bonds is 13. The van der Waals surface area contributed by atoms with Gasteiger partial charge in [0.2, 0.25) is 0 Å². The van der Waals surface area contributed by atoms with E-state index in [1.54, 1.807) is 6.92 Å². The van der Waals surface area contributed by atoms with Gasteiger partial charge in [0.05, 0.1) is 6.42 Å². The standard InChI is InChI=1S/C17H28ClF2NO2/c1-4-14(8-7-9-18)10-15(5-2)16(21)11-17(19,20)12-23-13-22-6-3/h4,7-8,15,21H,5-6,9-13H2,1-3H3/b8-7-,14-4+,21-16?. The van der Waals surface area contributed by atoms with Crippen LogP contribution in [0.1, 0.15) is 40.0 Å². The number of ether oxygens (including phenoxy) is 2. The van der Waals surface area contributed by atoms with E-state index < -0.39 is 19.0 Å². The van der Waals surface area contributed by atoms with Crippen LogP contribution in [0.2, 0.25) is 0 Å². The molecule has 0 spiro atoms. The van der Waals surface area contributed by atoms with Gasteiger partial charge in [-0.2, -0.15) is 0 Å². The highest BCUT2D eigenvalue weighted by Gasteiger charge is 2.33. The van der Waals surface area contributed by atoms with Gasteiger partial charge >= 0.3 is 0 Å². The predicted molar refractivity (Wildman–Crippen MR) is 91.8 cm³/mol. The SMILES string of the molecule is C/C=C(\C=C/CCl)CC(CC)C(=N)CC(F)(F)COCOCC. The van der Waals surface area contributed by atoms with Crippen LogP contribution in [-0.4, -0.2) is 37.5 Å². The molecule has 0 radical (unpaired) electrons. The van der Waals surface area contributed by atoms with E-state index in [1.807, 2.05) is 32.1 Å². The van der Waals surface area contributed by atoms with E-state index in [4.69, 9.17) is 26.5 Å². The maximum atomic E-state index is 13.9. The van der Waals surface area contributed by atoms with Gasteiger partial charge in [-0.3, -0.25) is 0 Å². The molecule has 6 heteroatoms. The second kappa shape index (κ2) is 12.6. The molecule has 134 valence electrons. The van der Waals surface area contributed by atoms with Crippen LogP contribution in [0.25, 0.3) is 0 Å². The highest BCUT2D eigenvalue weighted by molar-refractivity contribution is 6.18. The van der Waals surface area contributed by atoms with Gasteiger partial charge in [0.1, 0.15) is 13.4 Å². The summed E-state index contributed by atoms with van der Waals surface area (Å²) >= 11 is 5.61. The zero-order valence-electron chi connectivity index (χ0n) is 14.2. The van der Waals surface area contributed by atoms with Crippen molar-refractivity contribution in [1.82, 2.24) is 0 Å². The quantitative estimate of drug-likeness (QED) is 0.163. The topological polar surface area (TPSA) is 42.3 Å². The minimum Gasteiger partial charge on any atom is -0.356 e. The monoisotopic (exact) mass is 351 g/mol. The van der Waals surface area contributed by atoms with Gasteiger partial charge in [0.15, 0.2) is 0 Å². The van der Waals surface area contributed by atoms with Crippen LogP contribution < -0.4 is 0 Å². The van der Waals surface area contributed by atoms with Crippen molar-refractivity contribution in [3.8, 4) is 0 Å². The fourth-order valence-electron chi connectivity index (χ4n) is 2.08. The van der Waals surface area contributed by atoms with E-state index in [9.17, 15) is 8.78 Å². The van der Waals surface area contributed by atoms with Gasteiger partial charge < -0.3 is 14.9 Å². The van der Waals surface area contributed by atoms with Gasteiger partial charge in [0.25, 0.3) is 5.92 Å². The van der Waals surface area contributed by atoms with Crippen LogP contribution in [0.15, 0.2) is 23.8 Å². The number of alkyl halides is 3. The van der Waals surface area contributed by atoms with E-state index in [0.717, 1.165) is 5.57 Å². The Morgan fingerprint density at radius 3 is 2.52 bits per heavy atom. The zero-order valence-corrected chi connectivity index (χ0v) is 15.0. The molecule has 0 rings (SSSR count). The molecule has 1 atom stereocenters. The van der Waals surface area contributed by atoms with Gasteiger partial charge in [-0.1, -0.05) is 30.7 Å². The average Bonchev–Trinajstić information content (AvgIpc) is 2.51. The number of halogens is 3. The predicted octanol–water partition coefficient (Wildman–Crippen LogP) is 5.20. The second-order valence-electron chi connectivity index (χ2n) is 5.25. The number of nitrogens with one attached hydrogen (secondary N) is 1. The average molecular weight is 352 g/mol. The Bertz CT molecular complexity index is 398.